The van der Waals surface area contributed by atoms with Crippen LogP contribution in [0.3, 0.4) is 0 Å². The lowest BCUT2D eigenvalue weighted by Gasteiger charge is -2.19. The number of hydrogen-bond acceptors (Lipinski definition) is 3. The van der Waals surface area contributed by atoms with Crippen LogP contribution in [0.5, 0.6) is 0 Å². The molecule has 0 saturated carbocycles. The molecule has 0 radical (unpaired) electrons. The Kier molecular flexibility index (Phi) is 3.36. The second kappa shape index (κ2) is 5.15. The highest BCUT2D eigenvalue weighted by Crippen LogP contribution is 2.30. The van der Waals surface area contributed by atoms with Crippen LogP contribution in [0.25, 0.3) is 5.69 Å². The SMILES string of the molecule is CC1CC(C(N)c2ccnn2-c2ccccc2)CO1. The molecule has 2 aromatic rings. The maximum atomic E-state index is 6.40. The van der Waals surface area contributed by atoms with Gasteiger partial charge in [-0.2, -0.15) is 5.10 Å². The van der Waals surface area contributed by atoms with Crippen molar-refractivity contribution < 1.29 is 4.74 Å². The van der Waals surface area contributed by atoms with Gasteiger partial charge in [-0.3, -0.25) is 0 Å². The van der Waals surface area contributed by atoms with Crippen molar-refractivity contribution >= 4 is 0 Å². The van der Waals surface area contributed by atoms with Crippen LogP contribution in [0, 0.1) is 5.92 Å². The third kappa shape index (κ3) is 2.41. The summed E-state index contributed by atoms with van der Waals surface area (Å²) in [4.78, 5) is 0. The van der Waals surface area contributed by atoms with Gasteiger partial charge in [0.2, 0.25) is 0 Å². The van der Waals surface area contributed by atoms with Crippen LogP contribution in [0.2, 0.25) is 0 Å². The van der Waals surface area contributed by atoms with E-state index in [0.29, 0.717) is 12.0 Å². The van der Waals surface area contributed by atoms with E-state index in [9.17, 15) is 0 Å². The van der Waals surface area contributed by atoms with E-state index >= 15 is 0 Å². The van der Waals surface area contributed by atoms with Crippen molar-refractivity contribution in [3.05, 3.63) is 48.3 Å². The predicted octanol–water partition coefficient (Wildman–Crippen LogP) is 2.30. The Labute approximate surface area is 113 Å². The Hall–Kier alpha value is -1.65. The van der Waals surface area contributed by atoms with Crippen LogP contribution in [0.15, 0.2) is 42.6 Å². The van der Waals surface area contributed by atoms with Crippen LogP contribution in [0.4, 0.5) is 0 Å². The van der Waals surface area contributed by atoms with E-state index in [2.05, 4.69) is 12.0 Å². The number of nitrogens with zero attached hydrogens (tertiary/aromatic N) is 2. The van der Waals surface area contributed by atoms with Gasteiger partial charge in [0.25, 0.3) is 0 Å². The van der Waals surface area contributed by atoms with Crippen molar-refractivity contribution in [1.82, 2.24) is 9.78 Å². The summed E-state index contributed by atoms with van der Waals surface area (Å²) < 4.78 is 7.54. The van der Waals surface area contributed by atoms with Crippen LogP contribution in [-0.4, -0.2) is 22.5 Å². The average molecular weight is 257 g/mol. The average Bonchev–Trinajstić information content (AvgIpc) is 3.07. The highest BCUT2D eigenvalue weighted by molar-refractivity contribution is 5.33. The second-order valence-electron chi connectivity index (χ2n) is 5.17. The van der Waals surface area contributed by atoms with Crippen molar-refractivity contribution in [2.24, 2.45) is 11.7 Å². The zero-order valence-corrected chi connectivity index (χ0v) is 11.1. The standard InChI is InChI=1S/C15H19N3O/c1-11-9-12(10-19-11)15(16)14-7-8-17-18(14)13-5-3-2-4-6-13/h2-8,11-12,15H,9-10,16H2,1H3. The second-order valence-corrected chi connectivity index (χ2v) is 5.17. The molecule has 2 N–H and O–H groups in total. The largest absolute Gasteiger partial charge is 0.378 e. The molecule has 1 saturated heterocycles. The molecule has 1 aromatic heterocycles. The van der Waals surface area contributed by atoms with Crippen molar-refractivity contribution in [3.8, 4) is 5.69 Å². The number of nitrogens with two attached hydrogens (primary N) is 1. The number of benzene rings is 1. The third-order valence-electron chi connectivity index (χ3n) is 3.75. The lowest BCUT2D eigenvalue weighted by molar-refractivity contribution is 0.118. The van der Waals surface area contributed by atoms with Crippen LogP contribution < -0.4 is 5.73 Å². The smallest absolute Gasteiger partial charge is 0.0649 e. The minimum absolute atomic E-state index is 0.0346. The molecule has 3 unspecified atom stereocenters. The van der Waals surface area contributed by atoms with Gasteiger partial charge in [-0.05, 0) is 31.5 Å². The summed E-state index contributed by atoms with van der Waals surface area (Å²) >= 11 is 0. The fourth-order valence-corrected chi connectivity index (χ4v) is 2.69. The summed E-state index contributed by atoms with van der Waals surface area (Å²) in [5, 5.41) is 4.39. The predicted molar refractivity (Wildman–Crippen MR) is 74.0 cm³/mol. The van der Waals surface area contributed by atoms with E-state index in [4.69, 9.17) is 10.5 Å². The van der Waals surface area contributed by atoms with Gasteiger partial charge in [0, 0.05) is 12.1 Å². The first-order chi connectivity index (χ1) is 9.25. The van der Waals surface area contributed by atoms with Crippen LogP contribution >= 0.6 is 0 Å². The topological polar surface area (TPSA) is 53.1 Å². The number of rotatable bonds is 3. The van der Waals surface area contributed by atoms with E-state index in [1.54, 1.807) is 6.20 Å². The van der Waals surface area contributed by atoms with Gasteiger partial charge >= 0.3 is 0 Å². The number of ether oxygens (including phenoxy) is 1. The lowest BCUT2D eigenvalue weighted by Crippen LogP contribution is -2.24. The van der Waals surface area contributed by atoms with Crippen molar-refractivity contribution in [3.63, 3.8) is 0 Å². The molecule has 2 heterocycles. The molecule has 0 amide bonds. The highest BCUT2D eigenvalue weighted by atomic mass is 16.5. The van der Waals surface area contributed by atoms with Gasteiger partial charge in [0.1, 0.15) is 0 Å². The van der Waals surface area contributed by atoms with E-state index in [1.807, 2.05) is 41.1 Å². The van der Waals surface area contributed by atoms with E-state index in [-0.39, 0.29) is 6.04 Å². The van der Waals surface area contributed by atoms with Crippen molar-refractivity contribution in [1.29, 1.82) is 0 Å². The summed E-state index contributed by atoms with van der Waals surface area (Å²) in [7, 11) is 0. The van der Waals surface area contributed by atoms with Gasteiger partial charge in [0.05, 0.1) is 30.1 Å². The van der Waals surface area contributed by atoms with Crippen LogP contribution in [0.1, 0.15) is 25.1 Å². The van der Waals surface area contributed by atoms with Gasteiger partial charge in [-0.15, -0.1) is 0 Å². The molecule has 3 atom stereocenters. The minimum atomic E-state index is -0.0346. The molecule has 100 valence electrons. The molecule has 3 rings (SSSR count). The Balaban J connectivity index is 1.88. The summed E-state index contributed by atoms with van der Waals surface area (Å²) in [6.45, 7) is 2.84. The van der Waals surface area contributed by atoms with E-state index < -0.39 is 0 Å². The van der Waals surface area contributed by atoms with Crippen LogP contribution in [-0.2, 0) is 4.74 Å². The molecule has 0 bridgehead atoms. The quantitative estimate of drug-likeness (QED) is 0.918. The molecule has 4 nitrogen and oxygen atoms in total. The summed E-state index contributed by atoms with van der Waals surface area (Å²) in [5.41, 5.74) is 8.50. The third-order valence-corrected chi connectivity index (χ3v) is 3.75. The first kappa shape index (κ1) is 12.4. The van der Waals surface area contributed by atoms with Crippen molar-refractivity contribution in [2.45, 2.75) is 25.5 Å². The molecule has 4 heteroatoms. The molecule has 1 fully saturated rings. The molecule has 19 heavy (non-hydrogen) atoms. The molecule has 0 spiro atoms. The Morgan fingerprint density at radius 2 is 2.11 bits per heavy atom. The monoisotopic (exact) mass is 257 g/mol. The summed E-state index contributed by atoms with van der Waals surface area (Å²) in [5.74, 6) is 0.370. The van der Waals surface area contributed by atoms with Crippen molar-refractivity contribution in [2.75, 3.05) is 6.61 Å². The first-order valence-corrected chi connectivity index (χ1v) is 6.72. The zero-order valence-electron chi connectivity index (χ0n) is 11.1. The highest BCUT2D eigenvalue weighted by Gasteiger charge is 2.30. The Morgan fingerprint density at radius 1 is 1.32 bits per heavy atom. The Morgan fingerprint density at radius 3 is 2.79 bits per heavy atom. The van der Waals surface area contributed by atoms with Gasteiger partial charge in [-0.1, -0.05) is 18.2 Å². The van der Waals surface area contributed by atoms with E-state index in [0.717, 1.165) is 24.4 Å². The number of hydrogen-bond donors (Lipinski definition) is 1. The van der Waals surface area contributed by atoms with Gasteiger partial charge in [0.15, 0.2) is 0 Å². The first-order valence-electron chi connectivity index (χ1n) is 6.72. The molecule has 0 aliphatic carbocycles. The molecule has 1 aliphatic heterocycles. The maximum Gasteiger partial charge on any atom is 0.0649 e. The Bertz CT molecular complexity index is 537. The summed E-state index contributed by atoms with van der Waals surface area (Å²) in [6.07, 6.45) is 3.13. The normalized spacial score (nSPS) is 24.5. The molecular formula is C15H19N3O. The van der Waals surface area contributed by atoms with Gasteiger partial charge in [-0.25, -0.2) is 4.68 Å². The molecule has 1 aliphatic rings. The zero-order chi connectivity index (χ0) is 13.2. The number of para-hydroxylation sites is 1. The fraction of sp³-hybridized carbons (Fsp3) is 0.400. The molecule has 1 aromatic carbocycles. The maximum absolute atomic E-state index is 6.40. The molecular weight excluding hydrogens is 238 g/mol. The number of aromatic nitrogens is 2. The minimum Gasteiger partial charge on any atom is -0.378 e. The summed E-state index contributed by atoms with van der Waals surface area (Å²) in [6, 6.07) is 12.1. The lowest BCUT2D eigenvalue weighted by atomic mass is 9.95. The van der Waals surface area contributed by atoms with Gasteiger partial charge < -0.3 is 10.5 Å². The fourth-order valence-electron chi connectivity index (χ4n) is 2.69. The van der Waals surface area contributed by atoms with E-state index in [1.165, 1.54) is 0 Å².